The molecule has 2 heterocycles. The summed E-state index contributed by atoms with van der Waals surface area (Å²) >= 11 is 5.82. The van der Waals surface area contributed by atoms with E-state index in [1.165, 1.54) is 17.1 Å². The summed E-state index contributed by atoms with van der Waals surface area (Å²) < 4.78 is 6.54. The normalized spacial score (nSPS) is 10.7. The summed E-state index contributed by atoms with van der Waals surface area (Å²) in [6.45, 7) is 0.202. The Morgan fingerprint density at radius 2 is 2.10 bits per heavy atom. The molecule has 1 N–H and O–H groups in total. The zero-order valence-corrected chi connectivity index (χ0v) is 11.4. The number of aromatic nitrogens is 4. The first kappa shape index (κ1) is 13.3. The number of halogens is 1. The van der Waals surface area contributed by atoms with Crippen LogP contribution in [0.4, 0.5) is 0 Å². The van der Waals surface area contributed by atoms with Gasteiger partial charge < -0.3 is 9.63 Å². The van der Waals surface area contributed by atoms with Crippen molar-refractivity contribution >= 4 is 17.6 Å². The van der Waals surface area contributed by atoms with Gasteiger partial charge >= 0.3 is 5.97 Å². The topological polar surface area (TPSA) is 94.0 Å². The molecule has 0 bridgehead atoms. The number of carbonyl (C=O) groups is 1. The molecule has 0 unspecified atom stereocenters. The summed E-state index contributed by atoms with van der Waals surface area (Å²) in [7, 11) is 0. The fraction of sp³-hybridized carbons (Fsp3) is 0.0769. The molecule has 1 aromatic carbocycles. The fourth-order valence-corrected chi connectivity index (χ4v) is 1.86. The van der Waals surface area contributed by atoms with Gasteiger partial charge in [-0.25, -0.2) is 4.79 Å². The summed E-state index contributed by atoms with van der Waals surface area (Å²) in [5, 5.41) is 17.2. The average Bonchev–Trinajstić information content (AvgIpc) is 3.10. The van der Waals surface area contributed by atoms with Gasteiger partial charge in [0.25, 0.3) is 0 Å². The molecule has 21 heavy (non-hydrogen) atoms. The molecule has 0 aliphatic carbocycles. The number of aromatic carboxylic acids is 1. The maximum absolute atomic E-state index is 10.8. The molecule has 2 aromatic heterocycles. The molecule has 0 atom stereocenters. The summed E-state index contributed by atoms with van der Waals surface area (Å²) in [5.74, 6) is -0.263. The Bertz CT molecular complexity index is 779. The number of carboxylic acid groups (broad SMARTS) is 1. The lowest BCUT2D eigenvalue weighted by atomic mass is 10.2. The molecule has 0 fully saturated rings. The lowest BCUT2D eigenvalue weighted by Gasteiger charge is -1.94. The predicted octanol–water partition coefficient (Wildman–Crippen LogP) is 2.33. The zero-order valence-electron chi connectivity index (χ0n) is 10.6. The Balaban J connectivity index is 1.78. The van der Waals surface area contributed by atoms with Crippen LogP contribution < -0.4 is 0 Å². The summed E-state index contributed by atoms with van der Waals surface area (Å²) in [6, 6.07) is 7.04. The van der Waals surface area contributed by atoms with Crippen LogP contribution in [0.25, 0.3) is 11.4 Å². The van der Waals surface area contributed by atoms with Gasteiger partial charge in [0.1, 0.15) is 6.54 Å². The Morgan fingerprint density at radius 1 is 1.33 bits per heavy atom. The number of carboxylic acids is 1. The van der Waals surface area contributed by atoms with Crippen LogP contribution in [0.3, 0.4) is 0 Å². The zero-order chi connectivity index (χ0) is 14.8. The number of hydrogen-bond donors (Lipinski definition) is 1. The minimum absolute atomic E-state index is 0.104. The largest absolute Gasteiger partial charge is 0.478 e. The highest BCUT2D eigenvalue weighted by Crippen LogP contribution is 2.18. The number of rotatable bonds is 4. The minimum atomic E-state index is -1.03. The maximum Gasteiger partial charge on any atom is 0.338 e. The van der Waals surface area contributed by atoms with E-state index in [-0.39, 0.29) is 12.1 Å². The second-order valence-electron chi connectivity index (χ2n) is 4.25. The first-order chi connectivity index (χ1) is 10.1. The molecule has 0 saturated heterocycles. The summed E-state index contributed by atoms with van der Waals surface area (Å²) in [6.07, 6.45) is 2.66. The molecule has 0 aliphatic heterocycles. The van der Waals surface area contributed by atoms with Crippen molar-refractivity contribution in [2.45, 2.75) is 6.54 Å². The van der Waals surface area contributed by atoms with Gasteiger partial charge in [-0.2, -0.15) is 10.1 Å². The molecule has 3 rings (SSSR count). The second-order valence-corrected chi connectivity index (χ2v) is 4.69. The third kappa shape index (κ3) is 2.92. The van der Waals surface area contributed by atoms with Gasteiger partial charge in [0.15, 0.2) is 0 Å². The van der Waals surface area contributed by atoms with E-state index in [4.69, 9.17) is 21.2 Å². The lowest BCUT2D eigenvalue weighted by Crippen LogP contribution is -2.00. The van der Waals surface area contributed by atoms with Crippen molar-refractivity contribution < 1.29 is 14.4 Å². The molecule has 0 saturated carbocycles. The number of nitrogens with zero attached hydrogens (tertiary/aromatic N) is 4. The Hall–Kier alpha value is -2.67. The Kier molecular flexibility index (Phi) is 3.41. The fourth-order valence-electron chi connectivity index (χ4n) is 1.73. The van der Waals surface area contributed by atoms with Crippen molar-refractivity contribution in [3.8, 4) is 11.4 Å². The van der Waals surface area contributed by atoms with E-state index in [0.29, 0.717) is 16.7 Å². The van der Waals surface area contributed by atoms with Crippen LogP contribution in [0.1, 0.15) is 16.2 Å². The van der Waals surface area contributed by atoms with E-state index in [1.807, 2.05) is 0 Å². The highest BCUT2D eigenvalue weighted by molar-refractivity contribution is 6.30. The Morgan fingerprint density at radius 3 is 2.76 bits per heavy atom. The summed E-state index contributed by atoms with van der Waals surface area (Å²) in [5.41, 5.74) is 0.883. The molecule has 8 heteroatoms. The monoisotopic (exact) mass is 304 g/mol. The molecular formula is C13H9ClN4O3. The van der Waals surface area contributed by atoms with Crippen molar-refractivity contribution in [1.29, 1.82) is 0 Å². The van der Waals surface area contributed by atoms with Crippen LogP contribution in [-0.4, -0.2) is 31.0 Å². The maximum atomic E-state index is 10.8. The quantitative estimate of drug-likeness (QED) is 0.795. The molecule has 0 amide bonds. The molecule has 7 nitrogen and oxygen atoms in total. The van der Waals surface area contributed by atoms with E-state index < -0.39 is 5.97 Å². The van der Waals surface area contributed by atoms with Gasteiger partial charge in [0, 0.05) is 16.8 Å². The van der Waals surface area contributed by atoms with Crippen LogP contribution in [0, 0.1) is 0 Å². The molecule has 0 aliphatic rings. The van der Waals surface area contributed by atoms with Crippen molar-refractivity contribution in [3.63, 3.8) is 0 Å². The lowest BCUT2D eigenvalue weighted by molar-refractivity contribution is 0.0696. The van der Waals surface area contributed by atoms with Gasteiger partial charge in [-0.3, -0.25) is 4.68 Å². The van der Waals surface area contributed by atoms with Gasteiger partial charge in [0.2, 0.25) is 11.7 Å². The Labute approximate surface area is 123 Å². The van der Waals surface area contributed by atoms with E-state index in [2.05, 4.69) is 15.2 Å². The first-order valence-corrected chi connectivity index (χ1v) is 6.34. The molecule has 3 aromatic rings. The minimum Gasteiger partial charge on any atom is -0.478 e. The summed E-state index contributed by atoms with van der Waals surface area (Å²) in [4.78, 5) is 15.0. The van der Waals surface area contributed by atoms with Gasteiger partial charge in [0.05, 0.1) is 11.8 Å². The standard InChI is InChI=1S/C13H9ClN4O3/c14-10-3-1-8(2-4-10)12-16-11(21-17-12)7-18-6-9(5-15-18)13(19)20/h1-6H,7H2,(H,19,20). The van der Waals surface area contributed by atoms with E-state index in [0.717, 1.165) is 5.56 Å². The van der Waals surface area contributed by atoms with E-state index >= 15 is 0 Å². The van der Waals surface area contributed by atoms with Crippen LogP contribution >= 0.6 is 11.6 Å². The van der Waals surface area contributed by atoms with Crippen LogP contribution in [0.2, 0.25) is 5.02 Å². The van der Waals surface area contributed by atoms with Crippen LogP contribution in [0.5, 0.6) is 0 Å². The average molecular weight is 305 g/mol. The van der Waals surface area contributed by atoms with Crippen molar-refractivity contribution in [3.05, 3.63) is 53.1 Å². The van der Waals surface area contributed by atoms with Crippen molar-refractivity contribution in [2.75, 3.05) is 0 Å². The second kappa shape index (κ2) is 5.37. The van der Waals surface area contributed by atoms with Crippen molar-refractivity contribution in [1.82, 2.24) is 19.9 Å². The third-order valence-electron chi connectivity index (χ3n) is 2.75. The molecule has 0 spiro atoms. The highest BCUT2D eigenvalue weighted by atomic mass is 35.5. The van der Waals surface area contributed by atoms with E-state index in [1.54, 1.807) is 24.3 Å². The molecular weight excluding hydrogens is 296 g/mol. The van der Waals surface area contributed by atoms with Gasteiger partial charge in [-0.1, -0.05) is 16.8 Å². The van der Waals surface area contributed by atoms with Crippen LogP contribution in [0.15, 0.2) is 41.2 Å². The highest BCUT2D eigenvalue weighted by Gasteiger charge is 2.11. The number of benzene rings is 1. The third-order valence-corrected chi connectivity index (χ3v) is 3.00. The molecule has 106 valence electrons. The first-order valence-electron chi connectivity index (χ1n) is 5.96. The van der Waals surface area contributed by atoms with E-state index in [9.17, 15) is 4.79 Å². The number of hydrogen-bond acceptors (Lipinski definition) is 5. The van der Waals surface area contributed by atoms with Crippen LogP contribution in [-0.2, 0) is 6.54 Å². The van der Waals surface area contributed by atoms with Gasteiger partial charge in [-0.15, -0.1) is 0 Å². The SMILES string of the molecule is O=C(O)c1cnn(Cc2nc(-c3ccc(Cl)cc3)no2)c1. The molecule has 0 radical (unpaired) electrons. The predicted molar refractivity (Wildman–Crippen MR) is 73.0 cm³/mol. The van der Waals surface area contributed by atoms with Gasteiger partial charge in [-0.05, 0) is 24.3 Å². The van der Waals surface area contributed by atoms with Crippen molar-refractivity contribution in [2.24, 2.45) is 0 Å². The smallest absolute Gasteiger partial charge is 0.338 e.